The van der Waals surface area contributed by atoms with E-state index in [0.717, 1.165) is 18.0 Å². The molecule has 1 amide bonds. The van der Waals surface area contributed by atoms with Crippen LogP contribution < -0.4 is 0 Å². The maximum absolute atomic E-state index is 13.8. The number of benzene rings is 1. The van der Waals surface area contributed by atoms with Gasteiger partial charge in [0.25, 0.3) is 5.91 Å². The van der Waals surface area contributed by atoms with Crippen LogP contribution in [0.4, 0.5) is 4.39 Å². The SMILES string of the molecule is O=C(c1ccc(-c2ccccc2F)s1)N1CCN(CCO)CC1. The fraction of sp³-hybridized carbons (Fsp3) is 0.353. The van der Waals surface area contributed by atoms with Gasteiger partial charge in [0.2, 0.25) is 0 Å². The Bertz CT molecular complexity index is 681. The van der Waals surface area contributed by atoms with Gasteiger partial charge in [-0.3, -0.25) is 9.69 Å². The summed E-state index contributed by atoms with van der Waals surface area (Å²) in [5.41, 5.74) is 0.532. The highest BCUT2D eigenvalue weighted by molar-refractivity contribution is 7.17. The number of aliphatic hydroxyl groups is 1. The molecule has 3 rings (SSSR count). The number of halogens is 1. The maximum Gasteiger partial charge on any atom is 0.264 e. The number of hydrogen-bond donors (Lipinski definition) is 1. The van der Waals surface area contributed by atoms with Crippen LogP contribution in [0.2, 0.25) is 0 Å². The number of β-amino-alcohol motifs (C(OH)–C–C–N with tert-alkyl or cyclic N) is 1. The van der Waals surface area contributed by atoms with E-state index in [9.17, 15) is 9.18 Å². The highest BCUT2D eigenvalue weighted by atomic mass is 32.1. The Morgan fingerprint density at radius 2 is 1.87 bits per heavy atom. The second-order valence-corrected chi connectivity index (χ2v) is 6.58. The lowest BCUT2D eigenvalue weighted by Crippen LogP contribution is -2.49. The largest absolute Gasteiger partial charge is 0.395 e. The van der Waals surface area contributed by atoms with Crippen molar-refractivity contribution in [2.45, 2.75) is 0 Å². The summed E-state index contributed by atoms with van der Waals surface area (Å²) in [6.45, 7) is 3.66. The predicted molar refractivity (Wildman–Crippen MR) is 89.1 cm³/mol. The molecule has 1 aliphatic heterocycles. The van der Waals surface area contributed by atoms with Crippen molar-refractivity contribution in [3.63, 3.8) is 0 Å². The zero-order valence-corrected chi connectivity index (χ0v) is 13.6. The Labute approximate surface area is 138 Å². The van der Waals surface area contributed by atoms with Crippen molar-refractivity contribution >= 4 is 17.2 Å². The Morgan fingerprint density at radius 3 is 2.57 bits per heavy atom. The number of aliphatic hydroxyl groups excluding tert-OH is 1. The normalized spacial score (nSPS) is 15.8. The van der Waals surface area contributed by atoms with Crippen molar-refractivity contribution < 1.29 is 14.3 Å². The quantitative estimate of drug-likeness (QED) is 0.933. The molecule has 1 aromatic carbocycles. The molecule has 1 aromatic heterocycles. The van der Waals surface area contributed by atoms with Crippen LogP contribution in [0.3, 0.4) is 0 Å². The zero-order chi connectivity index (χ0) is 16.2. The first-order valence-electron chi connectivity index (χ1n) is 7.66. The lowest BCUT2D eigenvalue weighted by Gasteiger charge is -2.34. The third-order valence-corrected chi connectivity index (χ3v) is 5.14. The predicted octanol–water partition coefficient (Wildman–Crippen LogP) is 2.30. The van der Waals surface area contributed by atoms with Gasteiger partial charge in [0.15, 0.2) is 0 Å². The Hall–Kier alpha value is -1.76. The van der Waals surface area contributed by atoms with E-state index in [2.05, 4.69) is 4.90 Å². The molecular formula is C17H19FN2O2S. The molecule has 1 aliphatic rings. The molecule has 0 bridgehead atoms. The van der Waals surface area contributed by atoms with E-state index in [0.29, 0.717) is 30.1 Å². The fourth-order valence-electron chi connectivity index (χ4n) is 2.73. The summed E-state index contributed by atoms with van der Waals surface area (Å²) in [6, 6.07) is 10.2. The molecule has 0 aliphatic carbocycles. The molecule has 2 heterocycles. The van der Waals surface area contributed by atoms with Crippen LogP contribution in [0.5, 0.6) is 0 Å². The number of thiophene rings is 1. The molecule has 0 saturated carbocycles. The van der Waals surface area contributed by atoms with E-state index < -0.39 is 0 Å². The number of hydrogen-bond acceptors (Lipinski definition) is 4. The Kier molecular flexibility index (Phi) is 5.05. The van der Waals surface area contributed by atoms with Gasteiger partial charge in [-0.05, 0) is 18.2 Å². The Morgan fingerprint density at radius 1 is 1.13 bits per heavy atom. The molecule has 1 fully saturated rings. The van der Waals surface area contributed by atoms with Crippen LogP contribution in [0.15, 0.2) is 36.4 Å². The van der Waals surface area contributed by atoms with Crippen molar-refractivity contribution in [2.24, 2.45) is 0 Å². The zero-order valence-electron chi connectivity index (χ0n) is 12.7. The van der Waals surface area contributed by atoms with E-state index in [1.165, 1.54) is 17.4 Å². The summed E-state index contributed by atoms with van der Waals surface area (Å²) < 4.78 is 13.8. The summed E-state index contributed by atoms with van der Waals surface area (Å²) in [7, 11) is 0. The molecule has 0 unspecified atom stereocenters. The number of carbonyl (C=O) groups is 1. The van der Waals surface area contributed by atoms with Crippen LogP contribution >= 0.6 is 11.3 Å². The number of piperazine rings is 1. The van der Waals surface area contributed by atoms with Crippen molar-refractivity contribution in [2.75, 3.05) is 39.3 Å². The molecule has 2 aromatic rings. The molecule has 23 heavy (non-hydrogen) atoms. The van der Waals surface area contributed by atoms with Gasteiger partial charge in [-0.2, -0.15) is 0 Å². The van der Waals surface area contributed by atoms with Gasteiger partial charge in [0, 0.05) is 43.2 Å². The minimum atomic E-state index is -0.272. The van der Waals surface area contributed by atoms with Crippen LogP contribution in [0, 0.1) is 5.82 Å². The van der Waals surface area contributed by atoms with Crippen molar-refractivity contribution in [3.05, 3.63) is 47.1 Å². The summed E-state index contributed by atoms with van der Waals surface area (Å²) in [4.78, 5) is 17.9. The van der Waals surface area contributed by atoms with E-state index in [4.69, 9.17) is 5.11 Å². The van der Waals surface area contributed by atoms with Gasteiger partial charge >= 0.3 is 0 Å². The summed E-state index contributed by atoms with van der Waals surface area (Å²) in [5.74, 6) is -0.271. The molecular weight excluding hydrogens is 315 g/mol. The first kappa shape index (κ1) is 16.1. The van der Waals surface area contributed by atoms with Gasteiger partial charge in [-0.1, -0.05) is 18.2 Å². The number of nitrogens with zero attached hydrogens (tertiary/aromatic N) is 2. The van der Waals surface area contributed by atoms with E-state index >= 15 is 0 Å². The number of carbonyl (C=O) groups excluding carboxylic acids is 1. The minimum Gasteiger partial charge on any atom is -0.395 e. The fourth-order valence-corrected chi connectivity index (χ4v) is 3.73. The van der Waals surface area contributed by atoms with E-state index in [1.807, 2.05) is 4.90 Å². The van der Waals surface area contributed by atoms with Gasteiger partial charge < -0.3 is 10.0 Å². The van der Waals surface area contributed by atoms with Gasteiger partial charge in [0.1, 0.15) is 5.82 Å². The molecule has 6 heteroatoms. The summed E-state index contributed by atoms with van der Waals surface area (Å²) >= 11 is 1.33. The third kappa shape index (κ3) is 3.60. The minimum absolute atomic E-state index is 0.00115. The van der Waals surface area contributed by atoms with Gasteiger partial charge in [-0.15, -0.1) is 11.3 Å². The average Bonchev–Trinajstić information content (AvgIpc) is 3.05. The van der Waals surface area contributed by atoms with Crippen molar-refractivity contribution in [3.8, 4) is 10.4 Å². The standard InChI is InChI=1S/C17H19FN2O2S/c18-14-4-2-1-3-13(14)15-5-6-16(23-15)17(22)20-9-7-19(8-10-20)11-12-21/h1-6,21H,7-12H2. The highest BCUT2D eigenvalue weighted by Crippen LogP contribution is 2.30. The van der Waals surface area contributed by atoms with Crippen LogP contribution in [-0.2, 0) is 0 Å². The molecule has 4 nitrogen and oxygen atoms in total. The topological polar surface area (TPSA) is 43.8 Å². The van der Waals surface area contributed by atoms with Crippen LogP contribution in [-0.4, -0.2) is 60.1 Å². The molecule has 0 radical (unpaired) electrons. The van der Waals surface area contributed by atoms with Crippen LogP contribution in [0.1, 0.15) is 9.67 Å². The van der Waals surface area contributed by atoms with Crippen LogP contribution in [0.25, 0.3) is 10.4 Å². The highest BCUT2D eigenvalue weighted by Gasteiger charge is 2.23. The lowest BCUT2D eigenvalue weighted by molar-refractivity contribution is 0.0619. The number of rotatable bonds is 4. The second-order valence-electron chi connectivity index (χ2n) is 5.50. The molecule has 122 valence electrons. The maximum atomic E-state index is 13.8. The first-order valence-corrected chi connectivity index (χ1v) is 8.48. The smallest absolute Gasteiger partial charge is 0.264 e. The average molecular weight is 334 g/mol. The monoisotopic (exact) mass is 334 g/mol. The van der Waals surface area contributed by atoms with Gasteiger partial charge in [0.05, 0.1) is 11.5 Å². The third-order valence-electron chi connectivity index (χ3n) is 4.03. The van der Waals surface area contributed by atoms with Crippen molar-refractivity contribution in [1.29, 1.82) is 0 Å². The van der Waals surface area contributed by atoms with E-state index in [1.54, 1.807) is 30.3 Å². The molecule has 1 N–H and O–H groups in total. The van der Waals surface area contributed by atoms with E-state index in [-0.39, 0.29) is 18.3 Å². The molecule has 0 atom stereocenters. The Balaban J connectivity index is 1.69. The summed E-state index contributed by atoms with van der Waals surface area (Å²) in [6.07, 6.45) is 0. The van der Waals surface area contributed by atoms with Gasteiger partial charge in [-0.25, -0.2) is 4.39 Å². The first-order chi connectivity index (χ1) is 11.2. The second kappa shape index (κ2) is 7.21. The lowest BCUT2D eigenvalue weighted by atomic mass is 10.2. The molecule has 1 saturated heterocycles. The number of amides is 1. The van der Waals surface area contributed by atoms with Crippen molar-refractivity contribution in [1.82, 2.24) is 9.80 Å². The summed E-state index contributed by atoms with van der Waals surface area (Å²) in [5, 5.41) is 8.95. The molecule has 0 spiro atoms.